The monoisotopic (exact) mass is 274 g/mol. The van der Waals surface area contributed by atoms with Crippen molar-refractivity contribution < 1.29 is 13.2 Å². The van der Waals surface area contributed by atoms with E-state index in [1.807, 2.05) is 6.92 Å². The van der Waals surface area contributed by atoms with E-state index in [-0.39, 0.29) is 10.6 Å². The van der Waals surface area contributed by atoms with Gasteiger partial charge in [0.05, 0.1) is 5.69 Å². The quantitative estimate of drug-likeness (QED) is 0.793. The third-order valence-corrected chi connectivity index (χ3v) is 3.61. The van der Waals surface area contributed by atoms with Crippen LogP contribution in [-0.4, -0.2) is 43.0 Å². The molecule has 0 aromatic carbocycles. The molecule has 0 bridgehead atoms. The minimum absolute atomic E-state index is 0.134. The molecule has 0 saturated carbocycles. The van der Waals surface area contributed by atoms with Gasteiger partial charge in [-0.25, -0.2) is 13.6 Å². The summed E-state index contributed by atoms with van der Waals surface area (Å²) in [5, 5.41) is 11.5. The zero-order valence-electron chi connectivity index (χ0n) is 10.7. The minimum atomic E-state index is -3.97. The molecule has 0 radical (unpaired) electrons. The van der Waals surface area contributed by atoms with Gasteiger partial charge in [-0.2, -0.15) is 5.10 Å². The predicted molar refractivity (Wildman–Crippen MR) is 66.6 cm³/mol. The second-order valence-electron chi connectivity index (χ2n) is 3.99. The van der Waals surface area contributed by atoms with E-state index in [2.05, 4.69) is 10.2 Å². The Balaban J connectivity index is 3.34. The highest BCUT2D eigenvalue weighted by Crippen LogP contribution is 2.19. The van der Waals surface area contributed by atoms with Gasteiger partial charge in [-0.05, 0) is 13.3 Å². The lowest BCUT2D eigenvalue weighted by atomic mass is 10.2. The molecule has 7 nitrogen and oxygen atoms in total. The van der Waals surface area contributed by atoms with Crippen LogP contribution in [0.5, 0.6) is 0 Å². The summed E-state index contributed by atoms with van der Waals surface area (Å²) in [7, 11) is -2.40. The molecule has 1 aromatic rings. The van der Waals surface area contributed by atoms with Gasteiger partial charge in [-0.3, -0.25) is 9.89 Å². The summed E-state index contributed by atoms with van der Waals surface area (Å²) in [5.41, 5.74) is 0.248. The molecule has 1 heterocycles. The van der Waals surface area contributed by atoms with Crippen molar-refractivity contribution in [3.05, 3.63) is 11.4 Å². The second-order valence-corrected chi connectivity index (χ2v) is 5.49. The topological polar surface area (TPSA) is 109 Å². The summed E-state index contributed by atoms with van der Waals surface area (Å²) in [6.07, 6.45) is 1.20. The van der Waals surface area contributed by atoms with Gasteiger partial charge in [0.2, 0.25) is 10.0 Å². The third-order valence-electron chi connectivity index (χ3n) is 2.60. The summed E-state index contributed by atoms with van der Waals surface area (Å²) in [6.45, 7) is 4.14. The van der Waals surface area contributed by atoms with E-state index in [1.54, 1.807) is 14.0 Å². The maximum Gasteiger partial charge on any atom is 0.275 e. The Hall–Kier alpha value is -1.41. The molecular weight excluding hydrogens is 256 g/mol. The lowest BCUT2D eigenvalue weighted by Gasteiger charge is -2.13. The van der Waals surface area contributed by atoms with Crippen LogP contribution in [0.15, 0.2) is 4.90 Å². The van der Waals surface area contributed by atoms with Gasteiger partial charge in [-0.15, -0.1) is 0 Å². The molecule has 0 aliphatic rings. The van der Waals surface area contributed by atoms with Crippen molar-refractivity contribution in [3.63, 3.8) is 0 Å². The van der Waals surface area contributed by atoms with Crippen LogP contribution in [0, 0.1) is 0 Å². The van der Waals surface area contributed by atoms with Crippen LogP contribution in [-0.2, 0) is 16.4 Å². The highest BCUT2D eigenvalue weighted by molar-refractivity contribution is 7.89. The smallest absolute Gasteiger partial charge is 0.275 e. The van der Waals surface area contributed by atoms with Gasteiger partial charge in [0, 0.05) is 13.6 Å². The fourth-order valence-electron chi connectivity index (χ4n) is 1.56. The maximum absolute atomic E-state index is 12.0. The van der Waals surface area contributed by atoms with E-state index in [0.717, 1.165) is 6.42 Å². The average molecular weight is 274 g/mol. The van der Waals surface area contributed by atoms with Crippen LogP contribution in [0.4, 0.5) is 0 Å². The molecule has 8 heteroatoms. The van der Waals surface area contributed by atoms with E-state index >= 15 is 0 Å². The normalized spacial score (nSPS) is 11.6. The zero-order chi connectivity index (χ0) is 13.9. The van der Waals surface area contributed by atoms with E-state index in [9.17, 15) is 13.2 Å². The van der Waals surface area contributed by atoms with Gasteiger partial charge in [0.1, 0.15) is 4.90 Å². The van der Waals surface area contributed by atoms with E-state index in [0.29, 0.717) is 18.7 Å². The summed E-state index contributed by atoms with van der Waals surface area (Å²) >= 11 is 0. The summed E-state index contributed by atoms with van der Waals surface area (Å²) in [6, 6.07) is 0. The van der Waals surface area contributed by atoms with Gasteiger partial charge < -0.3 is 4.90 Å². The van der Waals surface area contributed by atoms with Crippen molar-refractivity contribution in [1.29, 1.82) is 0 Å². The SMILES string of the molecule is CCCc1[nH]nc(C(=O)N(C)CC)c1S(N)(=O)=O. The summed E-state index contributed by atoms with van der Waals surface area (Å²) in [5.74, 6) is -0.458. The number of rotatable bonds is 5. The number of primary sulfonamides is 1. The molecule has 0 aliphatic heterocycles. The molecule has 0 saturated heterocycles. The fourth-order valence-corrected chi connectivity index (χ4v) is 2.46. The van der Waals surface area contributed by atoms with Crippen LogP contribution in [0.1, 0.15) is 36.5 Å². The Kier molecular flexibility index (Phi) is 4.47. The fraction of sp³-hybridized carbons (Fsp3) is 0.600. The summed E-state index contributed by atoms with van der Waals surface area (Å²) < 4.78 is 23.1. The van der Waals surface area contributed by atoms with E-state index in [1.165, 1.54) is 4.90 Å². The van der Waals surface area contributed by atoms with Gasteiger partial charge >= 0.3 is 0 Å². The van der Waals surface area contributed by atoms with Crippen LogP contribution in [0.3, 0.4) is 0 Å². The van der Waals surface area contributed by atoms with Crippen LogP contribution in [0.25, 0.3) is 0 Å². The molecular formula is C10H18N4O3S. The molecule has 0 aliphatic carbocycles. The van der Waals surface area contributed by atoms with Gasteiger partial charge in [-0.1, -0.05) is 13.3 Å². The maximum atomic E-state index is 12.0. The first-order valence-electron chi connectivity index (χ1n) is 5.68. The molecule has 0 atom stereocenters. The Morgan fingerprint density at radius 3 is 2.50 bits per heavy atom. The van der Waals surface area contributed by atoms with Crippen molar-refractivity contribution in [2.45, 2.75) is 31.6 Å². The number of nitrogens with zero attached hydrogens (tertiary/aromatic N) is 2. The minimum Gasteiger partial charge on any atom is -0.341 e. The molecule has 0 spiro atoms. The largest absolute Gasteiger partial charge is 0.341 e. The molecule has 1 aromatic heterocycles. The van der Waals surface area contributed by atoms with E-state index in [4.69, 9.17) is 5.14 Å². The first-order chi connectivity index (χ1) is 8.32. The molecule has 102 valence electrons. The second kappa shape index (κ2) is 5.49. The Labute approximate surface area is 106 Å². The van der Waals surface area contributed by atoms with Crippen LogP contribution < -0.4 is 5.14 Å². The Morgan fingerprint density at radius 2 is 2.06 bits per heavy atom. The van der Waals surface area contributed by atoms with Crippen molar-refractivity contribution in [2.24, 2.45) is 5.14 Å². The number of hydrogen-bond donors (Lipinski definition) is 2. The molecule has 1 amide bonds. The first-order valence-corrected chi connectivity index (χ1v) is 7.23. The molecule has 1 rings (SSSR count). The Morgan fingerprint density at radius 1 is 1.44 bits per heavy atom. The number of aryl methyl sites for hydroxylation is 1. The van der Waals surface area contributed by atoms with Crippen molar-refractivity contribution in [3.8, 4) is 0 Å². The number of hydrogen-bond acceptors (Lipinski definition) is 4. The first kappa shape index (κ1) is 14.7. The number of amides is 1. The number of nitrogens with two attached hydrogens (primary N) is 1. The van der Waals surface area contributed by atoms with Crippen LogP contribution >= 0.6 is 0 Å². The highest BCUT2D eigenvalue weighted by Gasteiger charge is 2.28. The van der Waals surface area contributed by atoms with Gasteiger partial charge in [0.25, 0.3) is 5.91 Å². The number of aromatic nitrogens is 2. The highest BCUT2D eigenvalue weighted by atomic mass is 32.2. The average Bonchev–Trinajstić information content (AvgIpc) is 2.71. The third kappa shape index (κ3) is 2.88. The molecule has 3 N–H and O–H groups in total. The van der Waals surface area contributed by atoms with Crippen molar-refractivity contribution in [1.82, 2.24) is 15.1 Å². The molecule has 18 heavy (non-hydrogen) atoms. The van der Waals surface area contributed by atoms with Crippen molar-refractivity contribution in [2.75, 3.05) is 13.6 Å². The molecule has 0 fully saturated rings. The Bertz CT molecular complexity index is 535. The standard InChI is InChI=1S/C10H18N4O3S/c1-4-6-7-9(18(11,16)17)8(13-12-7)10(15)14(3)5-2/h4-6H2,1-3H3,(H,12,13)(H2,11,16,17). The van der Waals surface area contributed by atoms with E-state index < -0.39 is 15.9 Å². The summed E-state index contributed by atoms with van der Waals surface area (Å²) in [4.78, 5) is 13.2. The number of aromatic amines is 1. The number of carbonyl (C=O) groups excluding carboxylic acids is 1. The lowest BCUT2D eigenvalue weighted by molar-refractivity contribution is 0.0793. The van der Waals surface area contributed by atoms with Crippen molar-refractivity contribution >= 4 is 15.9 Å². The lowest BCUT2D eigenvalue weighted by Crippen LogP contribution is -2.29. The zero-order valence-corrected chi connectivity index (χ0v) is 11.5. The van der Waals surface area contributed by atoms with Crippen LogP contribution in [0.2, 0.25) is 0 Å². The number of sulfonamides is 1. The predicted octanol–water partition coefficient (Wildman–Crippen LogP) is 0.102. The molecule has 0 unspecified atom stereocenters. The number of carbonyl (C=O) groups is 1. The van der Waals surface area contributed by atoms with Gasteiger partial charge in [0.15, 0.2) is 5.69 Å². The number of nitrogens with one attached hydrogen (secondary N) is 1. The number of H-pyrrole nitrogens is 1.